The lowest BCUT2D eigenvalue weighted by molar-refractivity contribution is -0.205. The number of carboxylic acid groups (broad SMARTS) is 1. The topological polar surface area (TPSA) is 169 Å². The maximum absolute atomic E-state index is 11.1. The number of aliphatic carboxylic acids is 1. The summed E-state index contributed by atoms with van der Waals surface area (Å²) in [6, 6.07) is -2.54. The van der Waals surface area contributed by atoms with Gasteiger partial charge in [-0.05, 0) is 0 Å². The maximum atomic E-state index is 11.1. The Morgan fingerprint density at radius 2 is 1.86 bits per heavy atom. The Hall–Kier alpha value is -1.30. The summed E-state index contributed by atoms with van der Waals surface area (Å²) >= 11 is 0. The van der Waals surface area contributed by atoms with Crippen molar-refractivity contribution >= 4 is 11.9 Å². The molecule has 0 aromatic heterocycles. The van der Waals surface area contributed by atoms with Crippen LogP contribution in [0.4, 0.5) is 0 Å². The fourth-order valence-electron chi connectivity index (χ4n) is 2.06. The molecule has 1 heterocycles. The molecule has 0 aromatic rings. The molecule has 0 radical (unpaired) electrons. The SMILES string of the molecule is CC(=O)N[C@H]1C(N[C@@H](CO)C(=O)O)O[C@H](CO)[C@@H](O)[C@@H]1O. The van der Waals surface area contributed by atoms with Gasteiger partial charge in [-0.2, -0.15) is 0 Å². The number of carbonyl (C=O) groups is 2. The lowest BCUT2D eigenvalue weighted by Crippen LogP contribution is -2.69. The summed E-state index contributed by atoms with van der Waals surface area (Å²) in [4.78, 5) is 22.1. The van der Waals surface area contributed by atoms with Crippen molar-refractivity contribution < 1.29 is 39.9 Å². The number of carbonyl (C=O) groups excluding carboxylic acids is 1. The summed E-state index contributed by atoms with van der Waals surface area (Å²) in [5.41, 5.74) is 0. The van der Waals surface area contributed by atoms with Gasteiger partial charge in [0.2, 0.25) is 5.91 Å². The largest absolute Gasteiger partial charge is 0.480 e. The Kier molecular flexibility index (Phi) is 6.45. The lowest BCUT2D eigenvalue weighted by atomic mass is 9.95. The van der Waals surface area contributed by atoms with E-state index in [0.717, 1.165) is 0 Å². The third-order valence-corrected chi connectivity index (χ3v) is 3.14. The fourth-order valence-corrected chi connectivity index (χ4v) is 2.06. The van der Waals surface area contributed by atoms with Crippen LogP contribution in [-0.4, -0.2) is 87.2 Å². The molecular formula is C11H20N2O8. The Balaban J connectivity index is 2.92. The zero-order valence-corrected chi connectivity index (χ0v) is 11.3. The minimum absolute atomic E-state index is 0.528. The number of nitrogens with one attached hydrogen (secondary N) is 2. The molecule has 10 nitrogen and oxygen atoms in total. The van der Waals surface area contributed by atoms with Gasteiger partial charge in [0.1, 0.15) is 30.6 Å². The van der Waals surface area contributed by atoms with Gasteiger partial charge in [0.25, 0.3) is 0 Å². The van der Waals surface area contributed by atoms with E-state index < -0.39 is 61.7 Å². The molecule has 10 heteroatoms. The molecule has 1 rings (SSSR count). The van der Waals surface area contributed by atoms with E-state index in [9.17, 15) is 19.8 Å². The monoisotopic (exact) mass is 308 g/mol. The summed E-state index contributed by atoms with van der Waals surface area (Å²) in [5.74, 6) is -1.89. The van der Waals surface area contributed by atoms with Crippen LogP contribution in [0.25, 0.3) is 0 Å². The van der Waals surface area contributed by atoms with Crippen LogP contribution in [0.5, 0.6) is 0 Å². The second kappa shape index (κ2) is 7.64. The molecule has 1 saturated heterocycles. The number of rotatable bonds is 6. The zero-order chi connectivity index (χ0) is 16.2. The molecular weight excluding hydrogens is 288 g/mol. The van der Waals surface area contributed by atoms with E-state index in [1.807, 2.05) is 0 Å². The first-order valence-electron chi connectivity index (χ1n) is 6.31. The number of aliphatic hydroxyl groups excluding tert-OH is 4. The fraction of sp³-hybridized carbons (Fsp3) is 0.818. The molecule has 0 aliphatic carbocycles. The Morgan fingerprint density at radius 3 is 2.29 bits per heavy atom. The standard InChI is InChI=1S/C11H20N2O8/c1-4(16)12-7-9(18)8(17)6(3-15)21-10(7)13-5(2-14)11(19)20/h5-10,13-15,17-18H,2-3H2,1H3,(H,12,16)(H,19,20)/t5-,6+,7+,8+,9+,10?/m0/s1. The van der Waals surface area contributed by atoms with Crippen LogP contribution in [0.1, 0.15) is 6.92 Å². The van der Waals surface area contributed by atoms with E-state index in [4.69, 9.17) is 20.1 Å². The molecule has 7 N–H and O–H groups in total. The molecule has 6 atom stereocenters. The average Bonchev–Trinajstić information content (AvgIpc) is 2.42. The highest BCUT2D eigenvalue weighted by Crippen LogP contribution is 2.20. The number of aliphatic hydroxyl groups is 4. The molecule has 1 aliphatic rings. The van der Waals surface area contributed by atoms with Crippen molar-refractivity contribution in [3.05, 3.63) is 0 Å². The van der Waals surface area contributed by atoms with E-state index >= 15 is 0 Å². The highest BCUT2D eigenvalue weighted by atomic mass is 16.5. The first-order valence-corrected chi connectivity index (χ1v) is 6.31. The number of amides is 1. The summed E-state index contributed by atoms with van der Waals surface area (Å²) in [5, 5.41) is 51.4. The minimum Gasteiger partial charge on any atom is -0.480 e. The van der Waals surface area contributed by atoms with Gasteiger partial charge in [-0.25, -0.2) is 0 Å². The Morgan fingerprint density at radius 1 is 1.24 bits per heavy atom. The van der Waals surface area contributed by atoms with E-state index in [1.54, 1.807) is 0 Å². The molecule has 1 fully saturated rings. The number of ether oxygens (including phenoxy) is 1. The van der Waals surface area contributed by atoms with E-state index in [0.29, 0.717) is 0 Å². The predicted octanol–water partition coefficient (Wildman–Crippen LogP) is -4.03. The first-order chi connectivity index (χ1) is 9.81. The van der Waals surface area contributed by atoms with Crippen LogP contribution in [0.2, 0.25) is 0 Å². The quantitative estimate of drug-likeness (QED) is 0.258. The second-order valence-electron chi connectivity index (χ2n) is 4.73. The van der Waals surface area contributed by atoms with Crippen LogP contribution >= 0.6 is 0 Å². The van der Waals surface area contributed by atoms with Crippen molar-refractivity contribution in [3.8, 4) is 0 Å². The molecule has 1 aliphatic heterocycles. The molecule has 1 unspecified atom stereocenters. The van der Waals surface area contributed by atoms with Gasteiger partial charge in [-0.15, -0.1) is 0 Å². The first kappa shape index (κ1) is 17.8. The van der Waals surface area contributed by atoms with Gasteiger partial charge in [0.15, 0.2) is 0 Å². The van der Waals surface area contributed by atoms with Crippen molar-refractivity contribution in [2.24, 2.45) is 0 Å². The second-order valence-corrected chi connectivity index (χ2v) is 4.73. The average molecular weight is 308 g/mol. The molecule has 0 aromatic carbocycles. The number of carboxylic acids is 1. The third kappa shape index (κ3) is 4.33. The van der Waals surface area contributed by atoms with Gasteiger partial charge < -0.3 is 35.6 Å². The van der Waals surface area contributed by atoms with Gasteiger partial charge in [-0.1, -0.05) is 0 Å². The minimum atomic E-state index is -1.48. The van der Waals surface area contributed by atoms with E-state index in [2.05, 4.69) is 10.6 Å². The highest BCUT2D eigenvalue weighted by molar-refractivity contribution is 5.74. The van der Waals surface area contributed by atoms with Crippen LogP contribution < -0.4 is 10.6 Å². The molecule has 0 saturated carbocycles. The van der Waals surface area contributed by atoms with Crippen molar-refractivity contribution in [1.29, 1.82) is 0 Å². The van der Waals surface area contributed by atoms with Gasteiger partial charge in [-0.3, -0.25) is 14.9 Å². The van der Waals surface area contributed by atoms with Crippen LogP contribution in [0, 0.1) is 0 Å². The zero-order valence-electron chi connectivity index (χ0n) is 11.3. The van der Waals surface area contributed by atoms with Crippen molar-refractivity contribution in [2.45, 2.75) is 43.5 Å². The van der Waals surface area contributed by atoms with Gasteiger partial charge >= 0.3 is 5.97 Å². The summed E-state index contributed by atoms with van der Waals surface area (Å²) in [7, 11) is 0. The van der Waals surface area contributed by atoms with Crippen molar-refractivity contribution in [1.82, 2.24) is 10.6 Å². The molecule has 1 amide bonds. The van der Waals surface area contributed by atoms with Crippen LogP contribution in [-0.2, 0) is 14.3 Å². The van der Waals surface area contributed by atoms with E-state index in [1.165, 1.54) is 6.92 Å². The lowest BCUT2D eigenvalue weighted by Gasteiger charge is -2.43. The van der Waals surface area contributed by atoms with Gasteiger partial charge in [0.05, 0.1) is 19.3 Å². The summed E-state index contributed by atoms with van der Waals surface area (Å²) in [6.07, 6.45) is -5.30. The molecule has 0 spiro atoms. The predicted molar refractivity (Wildman–Crippen MR) is 67.0 cm³/mol. The smallest absolute Gasteiger partial charge is 0.323 e. The summed E-state index contributed by atoms with van der Waals surface area (Å²) < 4.78 is 5.25. The summed E-state index contributed by atoms with van der Waals surface area (Å²) in [6.45, 7) is -0.181. The Bertz CT molecular complexity index is 379. The molecule has 122 valence electrons. The normalized spacial score (nSPS) is 34.2. The Labute approximate surface area is 120 Å². The highest BCUT2D eigenvalue weighted by Gasteiger charge is 2.45. The van der Waals surface area contributed by atoms with E-state index in [-0.39, 0.29) is 0 Å². The maximum Gasteiger partial charge on any atom is 0.323 e. The van der Waals surface area contributed by atoms with Crippen molar-refractivity contribution in [2.75, 3.05) is 13.2 Å². The van der Waals surface area contributed by atoms with Gasteiger partial charge in [0, 0.05) is 6.92 Å². The van der Waals surface area contributed by atoms with Crippen molar-refractivity contribution in [3.63, 3.8) is 0 Å². The number of hydrogen-bond acceptors (Lipinski definition) is 8. The third-order valence-electron chi connectivity index (χ3n) is 3.14. The molecule has 21 heavy (non-hydrogen) atoms. The molecule has 0 bridgehead atoms. The number of hydrogen-bond donors (Lipinski definition) is 7. The van der Waals surface area contributed by atoms with Crippen LogP contribution in [0.15, 0.2) is 0 Å². The van der Waals surface area contributed by atoms with Crippen LogP contribution in [0.3, 0.4) is 0 Å².